The van der Waals surface area contributed by atoms with Crippen molar-refractivity contribution in [3.05, 3.63) is 51.6 Å². The van der Waals surface area contributed by atoms with Crippen LogP contribution in [0, 0.1) is 19.7 Å². The summed E-state index contributed by atoms with van der Waals surface area (Å²) in [5.74, 6) is -0.267. The maximum Gasteiger partial charge on any atom is 0.255 e. The van der Waals surface area contributed by atoms with Crippen molar-refractivity contribution in [3.8, 4) is 0 Å². The maximum absolute atomic E-state index is 13.3. The van der Waals surface area contributed by atoms with Gasteiger partial charge in [-0.25, -0.2) is 13.9 Å². The van der Waals surface area contributed by atoms with Gasteiger partial charge in [-0.2, -0.15) is 4.98 Å². The second-order valence-corrected chi connectivity index (χ2v) is 8.73. The second-order valence-electron chi connectivity index (χ2n) is 7.55. The van der Waals surface area contributed by atoms with Crippen LogP contribution < -0.4 is 0 Å². The molecular formula is C21H22ClFN6O2S. The minimum Gasteiger partial charge on any atom is -0.339 e. The zero-order valence-corrected chi connectivity index (χ0v) is 19.5. The first-order valence-electron chi connectivity index (χ1n) is 10.1. The van der Waals surface area contributed by atoms with E-state index < -0.39 is 5.82 Å². The van der Waals surface area contributed by atoms with Gasteiger partial charge in [0.25, 0.3) is 11.7 Å². The molecule has 0 unspecified atom stereocenters. The highest BCUT2D eigenvalue weighted by atomic mass is 35.5. The number of aromatic nitrogens is 4. The lowest BCUT2D eigenvalue weighted by atomic mass is 10.1. The molecular weight excluding hydrogens is 455 g/mol. The highest BCUT2D eigenvalue weighted by molar-refractivity contribution is 7.98. The molecule has 1 aromatic carbocycles. The number of hydrogen-bond donors (Lipinski definition) is 0. The second kappa shape index (κ2) is 9.03. The fourth-order valence-corrected chi connectivity index (χ4v) is 4.37. The van der Waals surface area contributed by atoms with Crippen molar-refractivity contribution in [2.75, 3.05) is 32.4 Å². The van der Waals surface area contributed by atoms with Gasteiger partial charge in [-0.05, 0) is 38.3 Å². The van der Waals surface area contributed by atoms with Gasteiger partial charge in [-0.3, -0.25) is 9.59 Å². The topological polar surface area (TPSA) is 83.7 Å². The smallest absolute Gasteiger partial charge is 0.255 e. The van der Waals surface area contributed by atoms with Crippen molar-refractivity contribution < 1.29 is 14.0 Å². The van der Waals surface area contributed by atoms with Crippen LogP contribution in [0.3, 0.4) is 0 Å². The van der Waals surface area contributed by atoms with E-state index in [9.17, 15) is 14.0 Å². The average molecular weight is 477 g/mol. The number of fused-ring (bicyclic) bond motifs is 1. The van der Waals surface area contributed by atoms with Gasteiger partial charge in [-0.15, -0.1) is 5.10 Å². The Balaban J connectivity index is 1.43. The van der Waals surface area contributed by atoms with E-state index in [1.807, 2.05) is 20.1 Å². The molecule has 1 aliphatic rings. The Morgan fingerprint density at radius 1 is 1.12 bits per heavy atom. The number of benzene rings is 1. The SMILES string of the molecule is CSc1nc2nc(C)c(CC(=O)N3CCN(C(=O)c4ccc(F)cc4Cl)CC3)c(C)n2n1. The van der Waals surface area contributed by atoms with Crippen molar-refractivity contribution in [2.45, 2.75) is 25.4 Å². The standard InChI is InChI=1S/C21H22ClFN6O2S/c1-12-16(13(2)29-20(24-12)25-21(26-29)32-3)11-18(30)27-6-8-28(9-7-27)19(31)15-5-4-14(23)10-17(15)22/h4-5,10H,6-9,11H2,1-3H3. The van der Waals surface area contributed by atoms with Gasteiger partial charge in [0.1, 0.15) is 5.82 Å². The number of amides is 2. The molecule has 3 aromatic rings. The Bertz CT molecular complexity index is 1210. The van der Waals surface area contributed by atoms with Crippen LogP contribution in [-0.4, -0.2) is 73.6 Å². The molecule has 0 spiro atoms. The van der Waals surface area contributed by atoms with E-state index in [4.69, 9.17) is 11.6 Å². The summed E-state index contributed by atoms with van der Waals surface area (Å²) < 4.78 is 14.9. The molecule has 1 fully saturated rings. The number of rotatable bonds is 4. The highest BCUT2D eigenvalue weighted by Gasteiger charge is 2.27. The lowest BCUT2D eigenvalue weighted by Gasteiger charge is -2.35. The molecule has 8 nitrogen and oxygen atoms in total. The number of aryl methyl sites for hydroxylation is 2. The van der Waals surface area contributed by atoms with Gasteiger partial charge < -0.3 is 9.80 Å². The van der Waals surface area contributed by atoms with Gasteiger partial charge in [0.05, 0.1) is 17.0 Å². The summed E-state index contributed by atoms with van der Waals surface area (Å²) in [7, 11) is 0. The van der Waals surface area contributed by atoms with Crippen molar-refractivity contribution in [2.24, 2.45) is 0 Å². The zero-order chi connectivity index (χ0) is 23.0. The number of thioether (sulfide) groups is 1. The number of carbonyl (C=O) groups is 2. The summed E-state index contributed by atoms with van der Waals surface area (Å²) in [6.07, 6.45) is 2.10. The molecule has 4 rings (SSSR count). The first-order valence-corrected chi connectivity index (χ1v) is 11.7. The summed E-state index contributed by atoms with van der Waals surface area (Å²) in [5, 5.41) is 5.14. The summed E-state index contributed by atoms with van der Waals surface area (Å²) in [5.41, 5.74) is 2.68. The molecule has 1 aliphatic heterocycles. The lowest BCUT2D eigenvalue weighted by Crippen LogP contribution is -2.51. The minimum absolute atomic E-state index is 0.0329. The third-order valence-corrected chi connectivity index (χ3v) is 6.47. The van der Waals surface area contributed by atoms with Gasteiger partial charge in [0, 0.05) is 43.1 Å². The van der Waals surface area contributed by atoms with E-state index in [0.717, 1.165) is 23.0 Å². The normalized spacial score (nSPS) is 14.3. The Labute approximate surface area is 193 Å². The monoisotopic (exact) mass is 476 g/mol. The lowest BCUT2D eigenvalue weighted by molar-refractivity contribution is -0.131. The van der Waals surface area contributed by atoms with Crippen molar-refractivity contribution >= 4 is 41.0 Å². The fourth-order valence-electron chi connectivity index (χ4n) is 3.79. The van der Waals surface area contributed by atoms with Crippen LogP contribution in [0.25, 0.3) is 5.78 Å². The third kappa shape index (κ3) is 4.29. The molecule has 1 saturated heterocycles. The van der Waals surface area contributed by atoms with Gasteiger partial charge in [0.2, 0.25) is 11.1 Å². The summed E-state index contributed by atoms with van der Waals surface area (Å²) >= 11 is 7.46. The van der Waals surface area contributed by atoms with E-state index in [-0.39, 0.29) is 28.8 Å². The molecule has 0 atom stereocenters. The largest absolute Gasteiger partial charge is 0.339 e. The van der Waals surface area contributed by atoms with Crippen molar-refractivity contribution in [3.63, 3.8) is 0 Å². The van der Waals surface area contributed by atoms with E-state index in [2.05, 4.69) is 15.1 Å². The van der Waals surface area contributed by atoms with Crippen LogP contribution >= 0.6 is 23.4 Å². The molecule has 2 amide bonds. The van der Waals surface area contributed by atoms with Crippen LogP contribution in [0.2, 0.25) is 5.02 Å². The van der Waals surface area contributed by atoms with Crippen LogP contribution in [0.1, 0.15) is 27.3 Å². The quantitative estimate of drug-likeness (QED) is 0.538. The van der Waals surface area contributed by atoms with Crippen molar-refractivity contribution in [1.82, 2.24) is 29.4 Å². The van der Waals surface area contributed by atoms with Crippen LogP contribution in [0.5, 0.6) is 0 Å². The fraction of sp³-hybridized carbons (Fsp3) is 0.381. The summed E-state index contributed by atoms with van der Waals surface area (Å²) in [4.78, 5) is 38.0. The predicted octanol–water partition coefficient (Wildman–Crippen LogP) is 2.78. The van der Waals surface area contributed by atoms with Gasteiger partial charge >= 0.3 is 0 Å². The Kier molecular flexibility index (Phi) is 6.34. The first kappa shape index (κ1) is 22.5. The zero-order valence-electron chi connectivity index (χ0n) is 17.9. The van der Waals surface area contributed by atoms with E-state index in [0.29, 0.717) is 37.1 Å². The third-order valence-electron chi connectivity index (χ3n) is 5.62. The number of piperazine rings is 1. The van der Waals surface area contributed by atoms with Crippen LogP contribution in [0.15, 0.2) is 23.4 Å². The van der Waals surface area contributed by atoms with Crippen molar-refractivity contribution in [1.29, 1.82) is 0 Å². The molecule has 0 bridgehead atoms. The van der Waals surface area contributed by atoms with Crippen LogP contribution in [-0.2, 0) is 11.2 Å². The summed E-state index contributed by atoms with van der Waals surface area (Å²) in [6.45, 7) is 5.37. The Morgan fingerprint density at radius 3 is 2.47 bits per heavy atom. The van der Waals surface area contributed by atoms with Gasteiger partial charge in [0.15, 0.2) is 0 Å². The number of hydrogen-bond acceptors (Lipinski definition) is 6. The Hall–Kier alpha value is -2.72. The molecule has 0 radical (unpaired) electrons. The van der Waals surface area contributed by atoms with E-state index >= 15 is 0 Å². The molecule has 2 aromatic heterocycles. The molecule has 32 heavy (non-hydrogen) atoms. The molecule has 168 valence electrons. The molecule has 11 heteroatoms. The number of nitrogens with zero attached hydrogens (tertiary/aromatic N) is 6. The predicted molar refractivity (Wildman–Crippen MR) is 120 cm³/mol. The molecule has 3 heterocycles. The average Bonchev–Trinajstić information content (AvgIpc) is 3.19. The highest BCUT2D eigenvalue weighted by Crippen LogP contribution is 2.21. The Morgan fingerprint density at radius 2 is 1.81 bits per heavy atom. The van der Waals surface area contributed by atoms with Crippen LogP contribution in [0.4, 0.5) is 4.39 Å². The number of carbonyl (C=O) groups excluding carboxylic acids is 2. The molecule has 0 saturated carbocycles. The van der Waals surface area contributed by atoms with E-state index in [1.165, 1.54) is 23.9 Å². The molecule has 0 N–H and O–H groups in total. The number of halogens is 2. The maximum atomic E-state index is 13.3. The minimum atomic E-state index is -0.490. The van der Waals surface area contributed by atoms with Gasteiger partial charge in [-0.1, -0.05) is 23.4 Å². The molecule has 0 aliphatic carbocycles. The summed E-state index contributed by atoms with van der Waals surface area (Å²) in [6, 6.07) is 3.73. The van der Waals surface area contributed by atoms with E-state index in [1.54, 1.807) is 14.3 Å². The first-order chi connectivity index (χ1) is 15.3.